The first kappa shape index (κ1) is 37.7. The highest BCUT2D eigenvalue weighted by Crippen LogP contribution is 2.65. The van der Waals surface area contributed by atoms with Crippen LogP contribution in [0.25, 0.3) is 0 Å². The van der Waals surface area contributed by atoms with Crippen molar-refractivity contribution in [2.24, 2.45) is 35.0 Å². The van der Waals surface area contributed by atoms with Crippen molar-refractivity contribution in [1.82, 2.24) is 20.9 Å². The number of carbonyl (C=O) groups is 1. The summed E-state index contributed by atoms with van der Waals surface area (Å²) in [6, 6.07) is -0.390. The van der Waals surface area contributed by atoms with Crippen molar-refractivity contribution in [2.75, 3.05) is 19.7 Å². The lowest BCUT2D eigenvalue weighted by atomic mass is 9.76. The lowest BCUT2D eigenvalue weighted by Gasteiger charge is -2.40. The molecule has 1 heterocycles. The summed E-state index contributed by atoms with van der Waals surface area (Å²) in [5.74, 6) is 5.91. The van der Waals surface area contributed by atoms with Gasteiger partial charge in [-0.2, -0.15) is 0 Å². The van der Waals surface area contributed by atoms with Crippen molar-refractivity contribution in [2.45, 2.75) is 129 Å². The van der Waals surface area contributed by atoms with Gasteiger partial charge in [-0.1, -0.05) is 97.6 Å². The zero-order chi connectivity index (χ0) is 34.8. The van der Waals surface area contributed by atoms with Crippen molar-refractivity contribution in [3.05, 3.63) is 61.8 Å². The van der Waals surface area contributed by atoms with Crippen LogP contribution in [-0.4, -0.2) is 48.6 Å². The number of allylic oxidation sites excluding steroid dienone is 1. The quantitative estimate of drug-likeness (QED) is 0.0699. The molecule has 3 saturated carbocycles. The molecular weight excluding hydrogens is 592 g/mol. The number of piperidine rings is 1. The van der Waals surface area contributed by atoms with Gasteiger partial charge in [0.25, 0.3) is 0 Å². The van der Waals surface area contributed by atoms with Gasteiger partial charge in [-0.05, 0) is 86.2 Å². The van der Waals surface area contributed by atoms with Crippen molar-refractivity contribution in [3.8, 4) is 12.3 Å². The highest BCUT2D eigenvalue weighted by atomic mass is 16.5. The number of hydrogen-bond acceptors (Lipinski definition) is 5. The average Bonchev–Trinajstić information content (AvgIpc) is 3.39. The third kappa shape index (κ3) is 9.33. The Morgan fingerprint density at radius 3 is 2.25 bits per heavy atom. The van der Waals surface area contributed by atoms with Gasteiger partial charge in [0.1, 0.15) is 6.04 Å². The normalized spacial score (nSPS) is 25.4. The monoisotopic (exact) mass is 659 g/mol. The van der Waals surface area contributed by atoms with Crippen molar-refractivity contribution in [1.29, 1.82) is 0 Å². The fourth-order valence-corrected chi connectivity index (χ4v) is 9.26. The van der Waals surface area contributed by atoms with Crippen LogP contribution in [-0.2, 0) is 9.53 Å². The maximum atomic E-state index is 14.9. The zero-order valence-corrected chi connectivity index (χ0v) is 30.6. The van der Waals surface area contributed by atoms with E-state index in [0.717, 1.165) is 62.2 Å². The number of carbonyl (C=O) groups excluding carboxylic acids is 1. The first-order valence-corrected chi connectivity index (χ1v) is 19.0. The number of amides is 1. The first-order valence-electron chi connectivity index (χ1n) is 19.0. The van der Waals surface area contributed by atoms with Gasteiger partial charge in [-0.15, -0.1) is 12.3 Å². The van der Waals surface area contributed by atoms with Gasteiger partial charge in [0, 0.05) is 30.9 Å². The SMILES string of the molecule is C#CCCC(NC(=C)C1[C@@H]2[C@H](CN1C(=O)C(NC(=C)CC(CCOC(=C)NCC)C1CCCCC1)C1CCCCC1)C2(C)C)C(=C)C=C. The summed E-state index contributed by atoms with van der Waals surface area (Å²) in [5, 5.41) is 10.6. The third-order valence-corrected chi connectivity index (χ3v) is 12.2. The molecule has 266 valence electrons. The molecule has 0 aromatic rings. The van der Waals surface area contributed by atoms with Crippen molar-refractivity contribution in [3.63, 3.8) is 0 Å². The summed E-state index contributed by atoms with van der Waals surface area (Å²) in [7, 11) is 0. The molecule has 48 heavy (non-hydrogen) atoms. The Bertz CT molecular complexity index is 1200. The number of ether oxygens (including phenoxy) is 1. The summed E-state index contributed by atoms with van der Waals surface area (Å²) in [6.07, 6.45) is 22.9. The second kappa shape index (κ2) is 17.5. The maximum Gasteiger partial charge on any atom is 0.245 e. The fourth-order valence-electron chi connectivity index (χ4n) is 9.26. The van der Waals surface area contributed by atoms with Gasteiger partial charge >= 0.3 is 0 Å². The van der Waals surface area contributed by atoms with Crippen LogP contribution in [0.1, 0.15) is 111 Å². The Kier molecular flexibility index (Phi) is 13.8. The lowest BCUT2D eigenvalue weighted by molar-refractivity contribution is -0.136. The van der Waals surface area contributed by atoms with Crippen LogP contribution in [0.15, 0.2) is 61.8 Å². The number of fused-ring (bicyclic) bond motifs is 1. The number of terminal acetylenes is 1. The lowest BCUT2D eigenvalue weighted by Crippen LogP contribution is -2.55. The third-order valence-electron chi connectivity index (χ3n) is 12.2. The Labute approximate surface area is 293 Å². The van der Waals surface area contributed by atoms with E-state index in [1.54, 1.807) is 6.08 Å². The van der Waals surface area contributed by atoms with E-state index in [1.807, 2.05) is 0 Å². The van der Waals surface area contributed by atoms with Crippen LogP contribution in [0.3, 0.4) is 0 Å². The minimum Gasteiger partial charge on any atom is -0.480 e. The molecule has 4 fully saturated rings. The standard InChI is InChI=1S/C42H66N4O2/c1-10-13-24-37(29(4)11-2)45-31(6)40-38-36(42(38,8)9)28-46(40)41(47)39(34-22-18-15-19-23-34)44-30(5)27-35(33-20-16-14-17-21-33)25-26-48-32(7)43-12-3/h1,11,33-40,43-45H,2,4-7,12-28H2,3,8-9H3/t35?,36-,37?,38-,39?,40?/m0/s1. The molecule has 1 amide bonds. The number of likely N-dealkylation sites (tertiary alicyclic amines) is 1. The predicted octanol–water partition coefficient (Wildman–Crippen LogP) is 8.22. The molecule has 6 heteroatoms. The number of rotatable bonds is 20. The second-order valence-corrected chi connectivity index (χ2v) is 15.7. The molecule has 0 aromatic heterocycles. The van der Waals surface area contributed by atoms with Gasteiger partial charge in [0.2, 0.25) is 5.91 Å². The molecule has 1 saturated heterocycles. The van der Waals surface area contributed by atoms with E-state index in [9.17, 15) is 4.79 Å². The molecule has 1 aliphatic heterocycles. The highest BCUT2D eigenvalue weighted by Gasteiger charge is 2.68. The smallest absolute Gasteiger partial charge is 0.245 e. The molecule has 6 atom stereocenters. The molecule has 3 aliphatic carbocycles. The molecule has 4 aliphatic rings. The Morgan fingerprint density at radius 1 is 1.00 bits per heavy atom. The van der Waals surface area contributed by atoms with E-state index < -0.39 is 0 Å². The number of hydrogen-bond donors (Lipinski definition) is 3. The van der Waals surface area contributed by atoms with E-state index in [0.29, 0.717) is 48.5 Å². The molecule has 0 radical (unpaired) electrons. The Morgan fingerprint density at radius 2 is 1.65 bits per heavy atom. The first-order chi connectivity index (χ1) is 23.0. The van der Waals surface area contributed by atoms with E-state index in [-0.39, 0.29) is 29.4 Å². The van der Waals surface area contributed by atoms with Crippen LogP contribution < -0.4 is 16.0 Å². The number of nitrogens with one attached hydrogen (secondary N) is 3. The van der Waals surface area contributed by atoms with Crippen LogP contribution >= 0.6 is 0 Å². The van der Waals surface area contributed by atoms with Crippen LogP contribution in [0.4, 0.5) is 0 Å². The van der Waals surface area contributed by atoms with Crippen LogP contribution in [0, 0.1) is 47.3 Å². The molecule has 6 nitrogen and oxygen atoms in total. The van der Waals surface area contributed by atoms with Crippen molar-refractivity contribution >= 4 is 5.91 Å². The summed E-state index contributed by atoms with van der Waals surface area (Å²) in [6.45, 7) is 30.3. The van der Waals surface area contributed by atoms with Crippen LogP contribution in [0.2, 0.25) is 0 Å². The molecule has 0 aromatic carbocycles. The van der Waals surface area contributed by atoms with E-state index in [1.165, 1.54) is 51.4 Å². The van der Waals surface area contributed by atoms with Gasteiger partial charge in [0.15, 0.2) is 5.88 Å². The zero-order valence-electron chi connectivity index (χ0n) is 30.6. The minimum absolute atomic E-state index is 0.0495. The summed E-state index contributed by atoms with van der Waals surface area (Å²) in [5.41, 5.74) is 2.97. The summed E-state index contributed by atoms with van der Waals surface area (Å²) >= 11 is 0. The molecule has 3 N–H and O–H groups in total. The van der Waals surface area contributed by atoms with Gasteiger partial charge < -0.3 is 25.6 Å². The van der Waals surface area contributed by atoms with E-state index in [4.69, 9.17) is 11.2 Å². The van der Waals surface area contributed by atoms with Gasteiger partial charge in [0.05, 0.1) is 18.7 Å². The van der Waals surface area contributed by atoms with Crippen LogP contribution in [0.5, 0.6) is 0 Å². The molecule has 0 spiro atoms. The topological polar surface area (TPSA) is 65.6 Å². The largest absolute Gasteiger partial charge is 0.480 e. The molecule has 4 rings (SSSR count). The Hall–Kier alpha value is -3.07. The summed E-state index contributed by atoms with van der Waals surface area (Å²) in [4.78, 5) is 17.0. The molecule has 0 bridgehead atoms. The van der Waals surface area contributed by atoms with Gasteiger partial charge in [-0.3, -0.25) is 4.79 Å². The second-order valence-electron chi connectivity index (χ2n) is 15.7. The van der Waals surface area contributed by atoms with Gasteiger partial charge in [-0.25, -0.2) is 0 Å². The van der Waals surface area contributed by atoms with E-state index in [2.05, 4.69) is 80.4 Å². The average molecular weight is 659 g/mol. The molecular formula is C42H66N4O2. The highest BCUT2D eigenvalue weighted by molar-refractivity contribution is 5.84. The fraction of sp³-hybridized carbons (Fsp3) is 0.690. The maximum absolute atomic E-state index is 14.9. The Balaban J connectivity index is 1.51. The van der Waals surface area contributed by atoms with E-state index >= 15 is 0 Å². The molecule has 4 unspecified atom stereocenters. The minimum atomic E-state index is -0.272. The summed E-state index contributed by atoms with van der Waals surface area (Å²) < 4.78 is 5.95. The number of nitrogens with zero attached hydrogens (tertiary/aromatic N) is 1. The predicted molar refractivity (Wildman–Crippen MR) is 200 cm³/mol. The van der Waals surface area contributed by atoms with Crippen molar-refractivity contribution < 1.29 is 9.53 Å².